The molecule has 0 amide bonds. The molecule has 0 unspecified atom stereocenters. The Morgan fingerprint density at radius 2 is 1.79 bits per heavy atom. The molecule has 1 atom stereocenters. The highest BCUT2D eigenvalue weighted by Gasteiger charge is 2.21. The van der Waals surface area contributed by atoms with E-state index < -0.39 is 21.9 Å². The molecule has 0 aliphatic carbocycles. The predicted molar refractivity (Wildman–Crippen MR) is 89.4 cm³/mol. The van der Waals surface area contributed by atoms with Gasteiger partial charge in [0.1, 0.15) is 17.3 Å². The first-order chi connectivity index (χ1) is 11.3. The molecule has 0 saturated heterocycles. The van der Waals surface area contributed by atoms with Crippen molar-refractivity contribution in [1.29, 1.82) is 0 Å². The van der Waals surface area contributed by atoms with Crippen molar-refractivity contribution >= 4 is 10.0 Å². The maximum Gasteiger partial charge on any atom is 0.241 e. The minimum atomic E-state index is -3.80. The van der Waals surface area contributed by atoms with E-state index in [1.807, 2.05) is 0 Å². The number of ether oxygens (including phenoxy) is 2. The van der Waals surface area contributed by atoms with Gasteiger partial charge in [-0.05, 0) is 55.8 Å². The van der Waals surface area contributed by atoms with Crippen molar-refractivity contribution in [1.82, 2.24) is 4.72 Å². The molecule has 0 bridgehead atoms. The summed E-state index contributed by atoms with van der Waals surface area (Å²) in [6.45, 7) is 3.22. The smallest absolute Gasteiger partial charge is 0.241 e. The summed E-state index contributed by atoms with van der Waals surface area (Å²) >= 11 is 0. The first kappa shape index (κ1) is 18.2. The molecule has 0 aromatic heterocycles. The standard InChI is InChI=1S/C17H20FNO4S/c1-11-9-14(6-7-16(11)18)24(20,21)19-12(2)15-10-13(22-3)5-8-17(15)23-4/h5-10,12,19H,1-4H3/t12-/m1/s1. The van der Waals surface area contributed by atoms with Gasteiger partial charge in [-0.25, -0.2) is 17.5 Å². The van der Waals surface area contributed by atoms with Crippen molar-refractivity contribution in [3.05, 3.63) is 53.3 Å². The lowest BCUT2D eigenvalue weighted by molar-refractivity contribution is 0.395. The monoisotopic (exact) mass is 353 g/mol. The van der Waals surface area contributed by atoms with Gasteiger partial charge in [-0.3, -0.25) is 0 Å². The topological polar surface area (TPSA) is 64.6 Å². The van der Waals surface area contributed by atoms with Crippen LogP contribution in [0.15, 0.2) is 41.3 Å². The molecular weight excluding hydrogens is 333 g/mol. The van der Waals surface area contributed by atoms with E-state index >= 15 is 0 Å². The number of aryl methyl sites for hydroxylation is 1. The van der Waals surface area contributed by atoms with E-state index in [2.05, 4.69) is 4.72 Å². The Morgan fingerprint density at radius 3 is 2.38 bits per heavy atom. The summed E-state index contributed by atoms with van der Waals surface area (Å²) in [6.07, 6.45) is 0. The summed E-state index contributed by atoms with van der Waals surface area (Å²) in [4.78, 5) is 0.00936. The van der Waals surface area contributed by atoms with Crippen LogP contribution in [-0.4, -0.2) is 22.6 Å². The molecule has 2 rings (SSSR count). The molecule has 5 nitrogen and oxygen atoms in total. The SMILES string of the molecule is COc1ccc(OC)c([C@@H](C)NS(=O)(=O)c2ccc(F)c(C)c2)c1. The molecular formula is C17H20FNO4S. The van der Waals surface area contributed by atoms with Crippen molar-refractivity contribution < 1.29 is 22.3 Å². The molecule has 0 spiro atoms. The zero-order chi connectivity index (χ0) is 17.9. The average Bonchev–Trinajstić information content (AvgIpc) is 2.56. The lowest BCUT2D eigenvalue weighted by atomic mass is 10.1. The second-order valence-corrected chi connectivity index (χ2v) is 7.08. The number of rotatable bonds is 6. The molecule has 0 aliphatic heterocycles. The zero-order valence-corrected chi connectivity index (χ0v) is 14.8. The Morgan fingerprint density at radius 1 is 1.08 bits per heavy atom. The Labute approximate surface area is 141 Å². The average molecular weight is 353 g/mol. The number of hydrogen-bond acceptors (Lipinski definition) is 4. The van der Waals surface area contributed by atoms with Gasteiger partial charge in [0, 0.05) is 11.6 Å². The Balaban J connectivity index is 2.34. The molecule has 2 aromatic rings. The maximum atomic E-state index is 13.4. The molecule has 24 heavy (non-hydrogen) atoms. The molecule has 0 aliphatic rings. The van der Waals surface area contributed by atoms with Crippen LogP contribution in [0, 0.1) is 12.7 Å². The predicted octanol–water partition coefficient (Wildman–Crippen LogP) is 3.19. The van der Waals surface area contributed by atoms with Crippen molar-refractivity contribution in [3.8, 4) is 11.5 Å². The van der Waals surface area contributed by atoms with E-state index in [1.165, 1.54) is 33.3 Å². The highest BCUT2D eigenvalue weighted by atomic mass is 32.2. The van der Waals surface area contributed by atoms with Gasteiger partial charge >= 0.3 is 0 Å². The van der Waals surface area contributed by atoms with Crippen molar-refractivity contribution in [2.45, 2.75) is 24.8 Å². The molecule has 0 radical (unpaired) electrons. The minimum Gasteiger partial charge on any atom is -0.497 e. The van der Waals surface area contributed by atoms with Crippen LogP contribution in [0.5, 0.6) is 11.5 Å². The highest BCUT2D eigenvalue weighted by Crippen LogP contribution is 2.30. The van der Waals surface area contributed by atoms with Crippen LogP contribution in [0.25, 0.3) is 0 Å². The molecule has 0 fully saturated rings. The van der Waals surface area contributed by atoms with Crippen LogP contribution in [0.2, 0.25) is 0 Å². The summed E-state index contributed by atoms with van der Waals surface area (Å²) in [5.74, 6) is 0.687. The van der Waals surface area contributed by atoms with Gasteiger partial charge in [-0.1, -0.05) is 0 Å². The summed E-state index contributed by atoms with van der Waals surface area (Å²) in [6, 6.07) is 8.26. The van der Waals surface area contributed by atoms with E-state index in [1.54, 1.807) is 25.1 Å². The van der Waals surface area contributed by atoms with Crippen LogP contribution in [0.4, 0.5) is 4.39 Å². The Hall–Kier alpha value is -2.12. The quantitative estimate of drug-likeness (QED) is 0.866. The van der Waals surface area contributed by atoms with E-state index in [9.17, 15) is 12.8 Å². The van der Waals surface area contributed by atoms with Gasteiger partial charge in [0.15, 0.2) is 0 Å². The summed E-state index contributed by atoms with van der Waals surface area (Å²) in [7, 11) is -0.765. The van der Waals surface area contributed by atoms with Gasteiger partial charge in [-0.2, -0.15) is 0 Å². The third-order valence-electron chi connectivity index (χ3n) is 3.68. The van der Waals surface area contributed by atoms with Crippen LogP contribution < -0.4 is 14.2 Å². The third kappa shape index (κ3) is 3.85. The van der Waals surface area contributed by atoms with E-state index in [0.29, 0.717) is 17.1 Å². The summed E-state index contributed by atoms with van der Waals surface area (Å²) in [5.41, 5.74) is 0.906. The van der Waals surface area contributed by atoms with Crippen LogP contribution >= 0.6 is 0 Å². The number of hydrogen-bond donors (Lipinski definition) is 1. The Kier molecular flexibility index (Phi) is 5.46. The number of halogens is 1. The second kappa shape index (κ2) is 7.19. The molecule has 7 heteroatoms. The zero-order valence-electron chi connectivity index (χ0n) is 14.0. The van der Waals surface area contributed by atoms with Gasteiger partial charge in [0.2, 0.25) is 10.0 Å². The first-order valence-corrected chi connectivity index (χ1v) is 8.77. The molecule has 0 saturated carbocycles. The maximum absolute atomic E-state index is 13.4. The fraction of sp³-hybridized carbons (Fsp3) is 0.294. The highest BCUT2D eigenvalue weighted by molar-refractivity contribution is 7.89. The second-order valence-electron chi connectivity index (χ2n) is 5.36. The first-order valence-electron chi connectivity index (χ1n) is 7.29. The third-order valence-corrected chi connectivity index (χ3v) is 5.21. The van der Waals surface area contributed by atoms with E-state index in [4.69, 9.17) is 9.47 Å². The lowest BCUT2D eigenvalue weighted by Crippen LogP contribution is -2.27. The number of nitrogens with one attached hydrogen (secondary N) is 1. The molecule has 130 valence electrons. The van der Waals surface area contributed by atoms with E-state index in [0.717, 1.165) is 6.07 Å². The minimum absolute atomic E-state index is 0.00936. The largest absolute Gasteiger partial charge is 0.497 e. The van der Waals surface area contributed by atoms with E-state index in [-0.39, 0.29) is 10.5 Å². The van der Waals surface area contributed by atoms with Gasteiger partial charge in [-0.15, -0.1) is 0 Å². The van der Waals surface area contributed by atoms with Gasteiger partial charge in [0.05, 0.1) is 19.1 Å². The normalized spacial score (nSPS) is 12.7. The number of sulfonamides is 1. The van der Waals surface area contributed by atoms with Crippen molar-refractivity contribution in [2.75, 3.05) is 14.2 Å². The summed E-state index contributed by atoms with van der Waals surface area (Å²) < 4.78 is 51.4. The lowest BCUT2D eigenvalue weighted by Gasteiger charge is -2.18. The molecule has 1 N–H and O–H groups in total. The van der Waals surface area contributed by atoms with Crippen LogP contribution in [0.1, 0.15) is 24.1 Å². The fourth-order valence-electron chi connectivity index (χ4n) is 2.33. The fourth-order valence-corrected chi connectivity index (χ4v) is 3.63. The Bertz CT molecular complexity index is 836. The summed E-state index contributed by atoms with van der Waals surface area (Å²) in [5, 5.41) is 0. The number of benzene rings is 2. The molecule has 0 heterocycles. The van der Waals surface area contributed by atoms with Gasteiger partial charge < -0.3 is 9.47 Å². The van der Waals surface area contributed by atoms with Crippen molar-refractivity contribution in [3.63, 3.8) is 0 Å². The van der Waals surface area contributed by atoms with Gasteiger partial charge in [0.25, 0.3) is 0 Å². The molecule has 2 aromatic carbocycles. The van der Waals surface area contributed by atoms with Crippen LogP contribution in [-0.2, 0) is 10.0 Å². The van der Waals surface area contributed by atoms with Crippen molar-refractivity contribution in [2.24, 2.45) is 0 Å². The number of methoxy groups -OCH3 is 2. The van der Waals surface area contributed by atoms with Crippen LogP contribution in [0.3, 0.4) is 0 Å².